The third-order valence-electron chi connectivity index (χ3n) is 3.23. The van der Waals surface area contributed by atoms with E-state index in [0.29, 0.717) is 21.3 Å². The van der Waals surface area contributed by atoms with Crippen molar-refractivity contribution in [2.24, 2.45) is 0 Å². The van der Waals surface area contributed by atoms with E-state index in [0.717, 1.165) is 22.4 Å². The summed E-state index contributed by atoms with van der Waals surface area (Å²) < 4.78 is 5.17. The van der Waals surface area contributed by atoms with E-state index in [1.165, 1.54) is 0 Å². The number of hydrogen-bond acceptors (Lipinski definition) is 6. The molecule has 0 saturated carbocycles. The van der Waals surface area contributed by atoms with Gasteiger partial charge in [-0.1, -0.05) is 11.3 Å². The molecule has 3 rings (SSSR count). The molecule has 1 aromatic carbocycles. The van der Waals surface area contributed by atoms with Crippen molar-refractivity contribution >= 4 is 39.4 Å². The SMILES string of the molecule is Cc1nc(NC(=O)c2ccc3nc[nH]c3c2)sc1C(=O)OC(C)C. The molecule has 2 aromatic heterocycles. The molecule has 8 heteroatoms. The van der Waals surface area contributed by atoms with Gasteiger partial charge in [0.05, 0.1) is 29.2 Å². The van der Waals surface area contributed by atoms with E-state index in [2.05, 4.69) is 20.3 Å². The van der Waals surface area contributed by atoms with Crippen LogP contribution in [-0.4, -0.2) is 32.9 Å². The molecule has 0 aliphatic carbocycles. The van der Waals surface area contributed by atoms with Crippen LogP contribution in [0.4, 0.5) is 5.13 Å². The van der Waals surface area contributed by atoms with Gasteiger partial charge in [-0.25, -0.2) is 14.8 Å². The maximum absolute atomic E-state index is 12.4. The molecule has 2 N–H and O–H groups in total. The fraction of sp³-hybridized carbons (Fsp3) is 0.250. The zero-order valence-corrected chi connectivity index (χ0v) is 14.2. The number of H-pyrrole nitrogens is 1. The Labute approximate surface area is 142 Å². The van der Waals surface area contributed by atoms with E-state index < -0.39 is 5.97 Å². The number of carbonyl (C=O) groups is 2. The van der Waals surface area contributed by atoms with Gasteiger partial charge in [0, 0.05) is 5.56 Å². The molecule has 3 aromatic rings. The van der Waals surface area contributed by atoms with Crippen molar-refractivity contribution in [2.45, 2.75) is 26.9 Å². The van der Waals surface area contributed by atoms with Crippen molar-refractivity contribution in [3.8, 4) is 0 Å². The summed E-state index contributed by atoms with van der Waals surface area (Å²) in [5.41, 5.74) is 2.57. The molecule has 0 unspecified atom stereocenters. The van der Waals surface area contributed by atoms with Gasteiger partial charge in [0.1, 0.15) is 4.88 Å². The first-order valence-corrected chi connectivity index (χ1v) is 8.18. The predicted molar refractivity (Wildman–Crippen MR) is 91.4 cm³/mol. The second-order valence-electron chi connectivity index (χ2n) is 5.48. The molecule has 7 nitrogen and oxygen atoms in total. The van der Waals surface area contributed by atoms with Crippen LogP contribution in [0.1, 0.15) is 39.6 Å². The largest absolute Gasteiger partial charge is 0.459 e. The lowest BCUT2D eigenvalue weighted by Gasteiger charge is -2.05. The zero-order chi connectivity index (χ0) is 17.3. The molecule has 2 heterocycles. The van der Waals surface area contributed by atoms with Crippen molar-refractivity contribution in [1.82, 2.24) is 15.0 Å². The van der Waals surface area contributed by atoms with Crippen LogP contribution in [0.2, 0.25) is 0 Å². The number of carbonyl (C=O) groups excluding carboxylic acids is 2. The van der Waals surface area contributed by atoms with Gasteiger partial charge in [-0.15, -0.1) is 0 Å². The van der Waals surface area contributed by atoms with E-state index in [4.69, 9.17) is 4.74 Å². The summed E-state index contributed by atoms with van der Waals surface area (Å²) in [4.78, 5) is 36.0. The highest BCUT2D eigenvalue weighted by molar-refractivity contribution is 7.17. The van der Waals surface area contributed by atoms with E-state index in [1.54, 1.807) is 45.3 Å². The number of imidazole rings is 1. The van der Waals surface area contributed by atoms with E-state index in [-0.39, 0.29) is 12.0 Å². The lowest BCUT2D eigenvalue weighted by molar-refractivity contribution is 0.0382. The van der Waals surface area contributed by atoms with Gasteiger partial charge < -0.3 is 9.72 Å². The van der Waals surface area contributed by atoms with Gasteiger partial charge in [0.2, 0.25) is 0 Å². The van der Waals surface area contributed by atoms with Crippen LogP contribution >= 0.6 is 11.3 Å². The first kappa shape index (κ1) is 16.1. The van der Waals surface area contributed by atoms with Crippen molar-refractivity contribution in [1.29, 1.82) is 0 Å². The maximum Gasteiger partial charge on any atom is 0.350 e. The Balaban J connectivity index is 1.78. The Kier molecular flexibility index (Phi) is 4.30. The second-order valence-corrected chi connectivity index (χ2v) is 6.48. The Morgan fingerprint density at radius 1 is 1.33 bits per heavy atom. The Hall–Kier alpha value is -2.74. The minimum Gasteiger partial charge on any atom is -0.459 e. The number of hydrogen-bond donors (Lipinski definition) is 2. The van der Waals surface area contributed by atoms with Crippen LogP contribution < -0.4 is 5.32 Å². The molecule has 0 atom stereocenters. The molecular formula is C16H16N4O3S. The highest BCUT2D eigenvalue weighted by Crippen LogP contribution is 2.24. The van der Waals surface area contributed by atoms with E-state index in [9.17, 15) is 9.59 Å². The minimum absolute atomic E-state index is 0.210. The molecule has 124 valence electrons. The number of esters is 1. The second kappa shape index (κ2) is 6.40. The van der Waals surface area contributed by atoms with Crippen LogP contribution in [0.15, 0.2) is 24.5 Å². The maximum atomic E-state index is 12.4. The number of anilines is 1. The molecule has 0 aliphatic rings. The predicted octanol–water partition coefficient (Wildman–Crippen LogP) is 3.15. The number of ether oxygens (including phenoxy) is 1. The number of nitrogens with zero attached hydrogens (tertiary/aromatic N) is 2. The molecule has 0 fully saturated rings. The van der Waals surface area contributed by atoms with Crippen LogP contribution in [0, 0.1) is 6.92 Å². The summed E-state index contributed by atoms with van der Waals surface area (Å²) >= 11 is 1.10. The third kappa shape index (κ3) is 3.28. The molecule has 0 saturated heterocycles. The minimum atomic E-state index is -0.431. The number of nitrogens with one attached hydrogen (secondary N) is 2. The van der Waals surface area contributed by atoms with Gasteiger partial charge in [0.15, 0.2) is 5.13 Å². The van der Waals surface area contributed by atoms with E-state index in [1.807, 2.05) is 0 Å². The van der Waals surface area contributed by atoms with Gasteiger partial charge in [-0.05, 0) is 39.0 Å². The lowest BCUT2D eigenvalue weighted by Crippen LogP contribution is -2.11. The molecule has 1 amide bonds. The van der Waals surface area contributed by atoms with Gasteiger partial charge >= 0.3 is 5.97 Å². The highest BCUT2D eigenvalue weighted by atomic mass is 32.1. The van der Waals surface area contributed by atoms with Crippen LogP contribution in [0.25, 0.3) is 11.0 Å². The standard InChI is InChI=1S/C16H16N4O3S/c1-8(2)23-15(22)13-9(3)19-16(24-13)20-14(21)10-4-5-11-12(6-10)18-7-17-11/h4-8H,1-3H3,(H,17,18)(H,19,20,21). The van der Waals surface area contributed by atoms with Crippen molar-refractivity contribution in [3.63, 3.8) is 0 Å². The monoisotopic (exact) mass is 344 g/mol. The summed E-state index contributed by atoms with van der Waals surface area (Å²) in [6, 6.07) is 5.16. The summed E-state index contributed by atoms with van der Waals surface area (Å²) in [6.07, 6.45) is 1.36. The summed E-state index contributed by atoms with van der Waals surface area (Å²) in [7, 11) is 0. The number of rotatable bonds is 4. The fourth-order valence-electron chi connectivity index (χ4n) is 2.15. The Morgan fingerprint density at radius 3 is 2.88 bits per heavy atom. The van der Waals surface area contributed by atoms with Crippen LogP contribution in [0.3, 0.4) is 0 Å². The normalized spacial score (nSPS) is 11.0. The van der Waals surface area contributed by atoms with Gasteiger partial charge in [-0.3, -0.25) is 10.1 Å². The number of aryl methyl sites for hydroxylation is 1. The average Bonchev–Trinajstić information content (AvgIpc) is 3.11. The number of fused-ring (bicyclic) bond motifs is 1. The van der Waals surface area contributed by atoms with Gasteiger partial charge in [-0.2, -0.15) is 0 Å². The van der Waals surface area contributed by atoms with Gasteiger partial charge in [0.25, 0.3) is 5.91 Å². The van der Waals surface area contributed by atoms with Crippen LogP contribution in [-0.2, 0) is 4.74 Å². The molecule has 0 spiro atoms. The summed E-state index contributed by atoms with van der Waals surface area (Å²) in [5.74, 6) is -0.733. The topological polar surface area (TPSA) is 97.0 Å². The van der Waals surface area contributed by atoms with Crippen molar-refractivity contribution in [3.05, 3.63) is 40.7 Å². The summed E-state index contributed by atoms with van der Waals surface area (Å²) in [6.45, 7) is 5.27. The Bertz CT molecular complexity index is 913. The fourth-order valence-corrected chi connectivity index (χ4v) is 3.00. The molecule has 0 aliphatic heterocycles. The third-order valence-corrected chi connectivity index (χ3v) is 4.28. The number of amides is 1. The first-order valence-electron chi connectivity index (χ1n) is 7.37. The number of thiazole rings is 1. The summed E-state index contributed by atoms with van der Waals surface area (Å²) in [5, 5.41) is 3.07. The first-order chi connectivity index (χ1) is 11.4. The molecule has 24 heavy (non-hydrogen) atoms. The number of benzene rings is 1. The Morgan fingerprint density at radius 2 is 2.12 bits per heavy atom. The number of aromatic amines is 1. The van der Waals surface area contributed by atoms with Crippen LogP contribution in [0.5, 0.6) is 0 Å². The quantitative estimate of drug-likeness (QED) is 0.709. The lowest BCUT2D eigenvalue weighted by atomic mass is 10.2. The molecule has 0 bridgehead atoms. The van der Waals surface area contributed by atoms with Crippen molar-refractivity contribution in [2.75, 3.05) is 5.32 Å². The smallest absolute Gasteiger partial charge is 0.350 e. The number of aromatic nitrogens is 3. The van der Waals surface area contributed by atoms with E-state index >= 15 is 0 Å². The average molecular weight is 344 g/mol. The zero-order valence-electron chi connectivity index (χ0n) is 13.4. The molecule has 0 radical (unpaired) electrons. The molecular weight excluding hydrogens is 328 g/mol. The highest BCUT2D eigenvalue weighted by Gasteiger charge is 2.19. The van der Waals surface area contributed by atoms with Crippen molar-refractivity contribution < 1.29 is 14.3 Å².